The SMILES string of the molecule is CCC(CC)(CNC(=NC)NCc1ccc(C#N)cc1)NC(=O)OC(C)(C)C.I. The first-order valence-electron chi connectivity index (χ1n) is 9.61. The van der Waals surface area contributed by atoms with Gasteiger partial charge in [-0.25, -0.2) is 4.79 Å². The maximum absolute atomic E-state index is 12.2. The van der Waals surface area contributed by atoms with Gasteiger partial charge >= 0.3 is 6.09 Å². The summed E-state index contributed by atoms with van der Waals surface area (Å²) < 4.78 is 5.41. The molecular weight excluding hydrogens is 481 g/mol. The number of hydrogen-bond donors (Lipinski definition) is 3. The van der Waals surface area contributed by atoms with E-state index in [2.05, 4.69) is 27.0 Å². The summed E-state index contributed by atoms with van der Waals surface area (Å²) in [5, 5.41) is 18.4. The van der Waals surface area contributed by atoms with E-state index in [0.29, 0.717) is 24.6 Å². The van der Waals surface area contributed by atoms with Gasteiger partial charge in [0.05, 0.1) is 17.2 Å². The highest BCUT2D eigenvalue weighted by Crippen LogP contribution is 2.16. The van der Waals surface area contributed by atoms with Gasteiger partial charge < -0.3 is 20.7 Å². The van der Waals surface area contributed by atoms with E-state index in [1.807, 2.05) is 46.8 Å². The zero-order valence-electron chi connectivity index (χ0n) is 18.3. The third-order valence-electron chi connectivity index (χ3n) is 4.48. The highest BCUT2D eigenvalue weighted by atomic mass is 127. The minimum absolute atomic E-state index is 0. The Morgan fingerprint density at radius 3 is 2.17 bits per heavy atom. The van der Waals surface area contributed by atoms with Gasteiger partial charge in [0, 0.05) is 20.1 Å². The Hall–Kier alpha value is -2.02. The van der Waals surface area contributed by atoms with Crippen molar-refractivity contribution in [2.24, 2.45) is 4.99 Å². The van der Waals surface area contributed by atoms with Gasteiger partial charge in [-0.05, 0) is 51.3 Å². The highest BCUT2D eigenvalue weighted by molar-refractivity contribution is 14.0. The number of aliphatic imine (C=N–C) groups is 1. The molecule has 0 radical (unpaired) electrons. The lowest BCUT2D eigenvalue weighted by Crippen LogP contribution is -2.57. The number of hydrogen-bond acceptors (Lipinski definition) is 4. The van der Waals surface area contributed by atoms with Crippen LogP contribution < -0.4 is 16.0 Å². The normalized spacial score (nSPS) is 11.7. The Bertz CT molecular complexity index is 701. The van der Waals surface area contributed by atoms with Crippen LogP contribution in [-0.4, -0.2) is 36.8 Å². The van der Waals surface area contributed by atoms with E-state index in [1.54, 1.807) is 19.2 Å². The van der Waals surface area contributed by atoms with Crippen LogP contribution in [0.4, 0.5) is 4.79 Å². The Kier molecular flexibility index (Phi) is 11.7. The lowest BCUT2D eigenvalue weighted by atomic mass is 9.93. The Morgan fingerprint density at radius 1 is 1.14 bits per heavy atom. The molecular formula is C21H34IN5O2. The number of nitrogens with one attached hydrogen (secondary N) is 3. The molecule has 0 fully saturated rings. The number of benzene rings is 1. The predicted octanol–water partition coefficient (Wildman–Crippen LogP) is 3.92. The van der Waals surface area contributed by atoms with Gasteiger partial charge in [0.15, 0.2) is 5.96 Å². The minimum atomic E-state index is -0.538. The molecule has 0 bridgehead atoms. The van der Waals surface area contributed by atoms with Gasteiger partial charge in [0.25, 0.3) is 0 Å². The van der Waals surface area contributed by atoms with Crippen LogP contribution in [0.25, 0.3) is 0 Å². The Labute approximate surface area is 191 Å². The van der Waals surface area contributed by atoms with Gasteiger partial charge in [0.1, 0.15) is 5.60 Å². The van der Waals surface area contributed by atoms with Crippen molar-refractivity contribution in [1.82, 2.24) is 16.0 Å². The first-order valence-corrected chi connectivity index (χ1v) is 9.61. The van der Waals surface area contributed by atoms with E-state index in [-0.39, 0.29) is 24.0 Å². The van der Waals surface area contributed by atoms with Gasteiger partial charge in [-0.2, -0.15) is 5.26 Å². The fourth-order valence-corrected chi connectivity index (χ4v) is 2.60. The number of rotatable bonds is 7. The lowest BCUT2D eigenvalue weighted by molar-refractivity contribution is 0.0448. The quantitative estimate of drug-likeness (QED) is 0.291. The van der Waals surface area contributed by atoms with Gasteiger partial charge in [-0.1, -0.05) is 26.0 Å². The lowest BCUT2D eigenvalue weighted by Gasteiger charge is -2.34. The van der Waals surface area contributed by atoms with Crippen molar-refractivity contribution in [3.05, 3.63) is 35.4 Å². The molecule has 0 atom stereocenters. The number of guanidine groups is 1. The van der Waals surface area contributed by atoms with Crippen molar-refractivity contribution in [2.45, 2.75) is 65.1 Å². The largest absolute Gasteiger partial charge is 0.444 e. The molecule has 8 heteroatoms. The smallest absolute Gasteiger partial charge is 0.408 e. The van der Waals surface area contributed by atoms with Crippen LogP contribution in [0.3, 0.4) is 0 Å². The molecule has 0 unspecified atom stereocenters. The van der Waals surface area contributed by atoms with E-state index in [4.69, 9.17) is 10.00 Å². The van der Waals surface area contributed by atoms with Crippen LogP contribution in [0.5, 0.6) is 0 Å². The monoisotopic (exact) mass is 515 g/mol. The average Bonchev–Trinajstić information content (AvgIpc) is 2.66. The van der Waals surface area contributed by atoms with Gasteiger partial charge in [-0.3, -0.25) is 4.99 Å². The topological polar surface area (TPSA) is 98.5 Å². The van der Waals surface area contributed by atoms with E-state index < -0.39 is 17.2 Å². The number of carbonyl (C=O) groups is 1. The molecule has 0 spiro atoms. The summed E-state index contributed by atoms with van der Waals surface area (Å²) in [6, 6.07) is 9.50. The fraction of sp³-hybridized carbons (Fsp3) is 0.571. The van der Waals surface area contributed by atoms with E-state index in [9.17, 15) is 4.79 Å². The standard InChI is InChI=1S/C21H33N5O2.HI/c1-7-21(8-2,26-19(27)28-20(3,4)5)15-25-18(23-6)24-14-17-11-9-16(13-22)10-12-17;/h9-12H,7-8,14-15H2,1-6H3,(H,26,27)(H2,23,24,25);1H. The fourth-order valence-electron chi connectivity index (χ4n) is 2.60. The number of halogens is 1. The number of nitrogens with zero attached hydrogens (tertiary/aromatic N) is 2. The second-order valence-electron chi connectivity index (χ2n) is 7.70. The molecule has 1 rings (SSSR count). The Balaban J connectivity index is 0.00000784. The molecule has 0 aliphatic rings. The van der Waals surface area contributed by atoms with E-state index in [0.717, 1.165) is 18.4 Å². The van der Waals surface area contributed by atoms with Crippen LogP contribution in [0.2, 0.25) is 0 Å². The number of amides is 1. The maximum atomic E-state index is 12.2. The summed E-state index contributed by atoms with van der Waals surface area (Å²) in [5.41, 5.74) is 0.707. The van der Waals surface area contributed by atoms with Crippen molar-refractivity contribution in [1.29, 1.82) is 5.26 Å². The third-order valence-corrected chi connectivity index (χ3v) is 4.48. The van der Waals surface area contributed by atoms with E-state index >= 15 is 0 Å². The van der Waals surface area contributed by atoms with Crippen LogP contribution in [0.1, 0.15) is 58.6 Å². The molecule has 0 aliphatic carbocycles. The first-order chi connectivity index (χ1) is 13.2. The molecule has 0 aliphatic heterocycles. The van der Waals surface area contributed by atoms with Crippen LogP contribution >= 0.6 is 24.0 Å². The van der Waals surface area contributed by atoms with Gasteiger partial charge in [0.2, 0.25) is 0 Å². The molecule has 0 aromatic heterocycles. The number of carbonyl (C=O) groups excluding carboxylic acids is 1. The summed E-state index contributed by atoms with van der Waals surface area (Å²) >= 11 is 0. The molecule has 0 saturated carbocycles. The number of alkyl carbamates (subject to hydrolysis) is 1. The second kappa shape index (κ2) is 12.5. The summed E-state index contributed by atoms with van der Waals surface area (Å²) in [5.74, 6) is 0.640. The molecule has 7 nitrogen and oxygen atoms in total. The molecule has 29 heavy (non-hydrogen) atoms. The zero-order valence-corrected chi connectivity index (χ0v) is 20.6. The number of nitriles is 1. The Morgan fingerprint density at radius 2 is 1.72 bits per heavy atom. The van der Waals surface area contributed by atoms with Crippen LogP contribution in [0, 0.1) is 11.3 Å². The van der Waals surface area contributed by atoms with Gasteiger partial charge in [-0.15, -0.1) is 24.0 Å². The number of ether oxygens (including phenoxy) is 1. The summed E-state index contributed by atoms with van der Waals surface area (Å²) in [6.07, 6.45) is 1.09. The van der Waals surface area contributed by atoms with Crippen molar-refractivity contribution < 1.29 is 9.53 Å². The summed E-state index contributed by atoms with van der Waals surface area (Å²) in [6.45, 7) is 10.7. The molecule has 0 saturated heterocycles. The van der Waals surface area contributed by atoms with E-state index in [1.165, 1.54) is 0 Å². The van der Waals surface area contributed by atoms with Crippen LogP contribution in [0.15, 0.2) is 29.3 Å². The molecule has 3 N–H and O–H groups in total. The highest BCUT2D eigenvalue weighted by Gasteiger charge is 2.30. The predicted molar refractivity (Wildman–Crippen MR) is 127 cm³/mol. The third kappa shape index (κ3) is 9.83. The molecule has 0 heterocycles. The average molecular weight is 515 g/mol. The molecule has 162 valence electrons. The summed E-state index contributed by atoms with van der Waals surface area (Å²) in [7, 11) is 1.70. The van der Waals surface area contributed by atoms with Crippen LogP contribution in [-0.2, 0) is 11.3 Å². The first kappa shape index (κ1) is 27.0. The van der Waals surface area contributed by atoms with Crippen molar-refractivity contribution in [2.75, 3.05) is 13.6 Å². The second-order valence-corrected chi connectivity index (χ2v) is 7.70. The van der Waals surface area contributed by atoms with Crippen molar-refractivity contribution >= 4 is 36.0 Å². The summed E-state index contributed by atoms with van der Waals surface area (Å²) in [4.78, 5) is 16.5. The zero-order chi connectivity index (χ0) is 21.2. The maximum Gasteiger partial charge on any atom is 0.408 e. The van der Waals surface area contributed by atoms with Crippen molar-refractivity contribution in [3.63, 3.8) is 0 Å². The molecule has 1 amide bonds. The van der Waals surface area contributed by atoms with Crippen molar-refractivity contribution in [3.8, 4) is 6.07 Å². The molecule has 1 aromatic carbocycles. The molecule has 1 aromatic rings. The minimum Gasteiger partial charge on any atom is -0.444 e.